The van der Waals surface area contributed by atoms with E-state index in [1.165, 1.54) is 6.20 Å². The summed E-state index contributed by atoms with van der Waals surface area (Å²) in [5.74, 6) is 0.491. The number of aromatic amines is 1. The first kappa shape index (κ1) is 30.2. The van der Waals surface area contributed by atoms with Gasteiger partial charge in [0.05, 0.1) is 19.2 Å². The third kappa shape index (κ3) is 5.70. The smallest absolute Gasteiger partial charge is 0.445 e. The number of piperidine rings is 1. The van der Waals surface area contributed by atoms with Crippen LogP contribution in [0, 0.1) is 0 Å². The van der Waals surface area contributed by atoms with E-state index in [-0.39, 0.29) is 11.9 Å². The van der Waals surface area contributed by atoms with Gasteiger partial charge in [-0.05, 0) is 74.7 Å². The lowest BCUT2D eigenvalue weighted by Gasteiger charge is -2.33. The standard InChI is InChI=1S/C33H31ClF3N7O3/c1-32(21-5-7-22(34)8-6-21)46-26-4-2-3-24(28(26)47-32)19-9-12-43(13-10-19)18-27-39-25-15-20(29-40-31(42-41-29)33(35,36)37)16-38-30(25)44(27)17-23-11-14-45-23/h2-8,15-16,19,23H,9-14,17-18H2,1H3,(H,40,41,42)/t23-,32?/m0/s1. The number of likely N-dealkylation sites (tertiary alicyclic amines) is 1. The fraction of sp³-hybridized carbons (Fsp3) is 0.394. The summed E-state index contributed by atoms with van der Waals surface area (Å²) in [6.45, 7) is 5.55. The topological polar surface area (TPSA) is 103 Å². The van der Waals surface area contributed by atoms with E-state index >= 15 is 0 Å². The number of alkyl halides is 3. The van der Waals surface area contributed by atoms with Gasteiger partial charge in [0, 0.05) is 41.4 Å². The maximum Gasteiger partial charge on any atom is 0.451 e. The van der Waals surface area contributed by atoms with E-state index in [0.717, 1.165) is 67.4 Å². The first-order valence-corrected chi connectivity index (χ1v) is 16.0. The summed E-state index contributed by atoms with van der Waals surface area (Å²) in [4.78, 5) is 15.5. The fourth-order valence-corrected chi connectivity index (χ4v) is 6.71. The van der Waals surface area contributed by atoms with Crippen LogP contribution >= 0.6 is 11.6 Å². The number of para-hydroxylation sites is 1. The second-order valence-electron chi connectivity index (χ2n) is 12.4. The summed E-state index contributed by atoms with van der Waals surface area (Å²) < 4.78 is 59.9. The fourth-order valence-electron chi connectivity index (χ4n) is 6.58. The molecule has 3 aliphatic rings. The van der Waals surface area contributed by atoms with Gasteiger partial charge in [0.25, 0.3) is 5.79 Å². The molecule has 2 atom stereocenters. The number of halogens is 4. The lowest BCUT2D eigenvalue weighted by atomic mass is 9.88. The highest BCUT2D eigenvalue weighted by atomic mass is 35.5. The SMILES string of the molecule is CC1(c2ccc(Cl)cc2)Oc2cccc(C3CCN(Cc4nc5cc(-c6n[nH]c(C(F)(F)F)n6)cnc5n4C[C@@H]4CCO4)CC3)c2O1. The quantitative estimate of drug-likeness (QED) is 0.205. The molecule has 3 aliphatic heterocycles. The number of rotatable bonds is 7. The van der Waals surface area contributed by atoms with Gasteiger partial charge in [0.1, 0.15) is 11.3 Å². The Balaban J connectivity index is 0.996. The maximum atomic E-state index is 13.1. The first-order chi connectivity index (χ1) is 22.6. The highest BCUT2D eigenvalue weighted by molar-refractivity contribution is 6.30. The number of imidazole rings is 1. The molecule has 2 fully saturated rings. The lowest BCUT2D eigenvalue weighted by molar-refractivity contribution is -0.144. The molecular formula is C33H31ClF3N7O3. The van der Waals surface area contributed by atoms with Crippen molar-refractivity contribution in [1.29, 1.82) is 0 Å². The number of hydrogen-bond acceptors (Lipinski definition) is 8. The largest absolute Gasteiger partial charge is 0.451 e. The molecule has 3 aromatic heterocycles. The molecule has 6 heterocycles. The van der Waals surface area contributed by atoms with E-state index in [2.05, 4.69) is 30.6 Å². The van der Waals surface area contributed by atoms with Crippen LogP contribution in [0.5, 0.6) is 11.5 Å². The molecule has 2 aromatic carbocycles. The minimum atomic E-state index is -4.62. The number of fused-ring (bicyclic) bond motifs is 2. The van der Waals surface area contributed by atoms with Gasteiger partial charge in [-0.2, -0.15) is 18.3 Å². The van der Waals surface area contributed by atoms with Crippen molar-refractivity contribution < 1.29 is 27.4 Å². The van der Waals surface area contributed by atoms with E-state index in [0.29, 0.717) is 40.8 Å². The molecule has 8 rings (SSSR count). The van der Waals surface area contributed by atoms with Crippen LogP contribution in [-0.2, 0) is 29.8 Å². The van der Waals surface area contributed by atoms with Gasteiger partial charge in [0.2, 0.25) is 5.82 Å². The van der Waals surface area contributed by atoms with Crippen molar-refractivity contribution in [2.75, 3.05) is 19.7 Å². The van der Waals surface area contributed by atoms with Crippen molar-refractivity contribution in [2.45, 2.75) is 63.3 Å². The van der Waals surface area contributed by atoms with Crippen LogP contribution in [0.4, 0.5) is 13.2 Å². The van der Waals surface area contributed by atoms with Gasteiger partial charge < -0.3 is 18.8 Å². The Kier molecular flexibility index (Phi) is 7.38. The molecule has 14 heteroatoms. The number of nitrogens with one attached hydrogen (secondary N) is 1. The Morgan fingerprint density at radius 1 is 1.04 bits per heavy atom. The summed E-state index contributed by atoms with van der Waals surface area (Å²) in [6.07, 6.45) is -0.252. The van der Waals surface area contributed by atoms with Crippen LogP contribution in [0.2, 0.25) is 5.02 Å². The molecule has 0 spiro atoms. The van der Waals surface area contributed by atoms with Gasteiger partial charge in [0.15, 0.2) is 23.0 Å². The number of nitrogens with zero attached hydrogens (tertiary/aromatic N) is 6. The van der Waals surface area contributed by atoms with E-state index in [1.54, 1.807) is 6.07 Å². The number of ether oxygens (including phenoxy) is 3. The van der Waals surface area contributed by atoms with Crippen LogP contribution < -0.4 is 9.47 Å². The second-order valence-corrected chi connectivity index (χ2v) is 12.8. The summed E-state index contributed by atoms with van der Waals surface area (Å²) >= 11 is 6.11. The lowest BCUT2D eigenvalue weighted by Crippen LogP contribution is -2.35. The number of pyridine rings is 1. The van der Waals surface area contributed by atoms with Crippen LogP contribution in [-0.4, -0.2) is 60.4 Å². The van der Waals surface area contributed by atoms with E-state index in [1.807, 2.05) is 48.4 Å². The zero-order chi connectivity index (χ0) is 32.3. The predicted octanol–water partition coefficient (Wildman–Crippen LogP) is 6.70. The minimum absolute atomic E-state index is 0.0710. The van der Waals surface area contributed by atoms with E-state index in [9.17, 15) is 13.2 Å². The Morgan fingerprint density at radius 3 is 2.53 bits per heavy atom. The monoisotopic (exact) mass is 665 g/mol. The normalized spacial score (nSPS) is 21.8. The Morgan fingerprint density at radius 2 is 1.83 bits per heavy atom. The highest BCUT2D eigenvalue weighted by Gasteiger charge is 2.41. The molecule has 1 N–H and O–H groups in total. The van der Waals surface area contributed by atoms with Crippen LogP contribution in [0.15, 0.2) is 54.7 Å². The zero-order valence-electron chi connectivity index (χ0n) is 25.4. The van der Waals surface area contributed by atoms with Crippen molar-refractivity contribution in [1.82, 2.24) is 34.6 Å². The number of benzene rings is 2. The van der Waals surface area contributed by atoms with Gasteiger partial charge in [-0.15, -0.1) is 0 Å². The molecule has 0 radical (unpaired) electrons. The molecule has 0 aliphatic carbocycles. The average molecular weight is 666 g/mol. The molecule has 0 saturated carbocycles. The third-order valence-electron chi connectivity index (χ3n) is 9.23. The van der Waals surface area contributed by atoms with E-state index < -0.39 is 17.8 Å². The van der Waals surface area contributed by atoms with Crippen LogP contribution in [0.3, 0.4) is 0 Å². The van der Waals surface area contributed by atoms with Gasteiger partial charge in [-0.3, -0.25) is 10.00 Å². The number of aromatic nitrogens is 6. The summed E-state index contributed by atoms with van der Waals surface area (Å²) in [6, 6.07) is 15.3. The number of hydrogen-bond donors (Lipinski definition) is 1. The molecule has 0 amide bonds. The van der Waals surface area contributed by atoms with Crippen molar-refractivity contribution in [3.05, 3.63) is 82.5 Å². The molecule has 10 nitrogen and oxygen atoms in total. The second kappa shape index (κ2) is 11.5. The van der Waals surface area contributed by atoms with Crippen LogP contribution in [0.1, 0.15) is 54.9 Å². The Hall–Kier alpha value is -4.20. The molecular weight excluding hydrogens is 635 g/mol. The van der Waals surface area contributed by atoms with Gasteiger partial charge >= 0.3 is 6.18 Å². The molecule has 47 heavy (non-hydrogen) atoms. The molecule has 1 unspecified atom stereocenters. The molecule has 0 bridgehead atoms. The average Bonchev–Trinajstić information content (AvgIpc) is 3.75. The highest BCUT2D eigenvalue weighted by Crippen LogP contribution is 2.49. The van der Waals surface area contributed by atoms with Crippen molar-refractivity contribution in [2.24, 2.45) is 0 Å². The predicted molar refractivity (Wildman–Crippen MR) is 166 cm³/mol. The first-order valence-electron chi connectivity index (χ1n) is 15.6. The van der Waals surface area contributed by atoms with Crippen LogP contribution in [0.25, 0.3) is 22.6 Å². The Labute approximate surface area is 272 Å². The summed E-state index contributed by atoms with van der Waals surface area (Å²) in [5, 5.41) is 6.37. The minimum Gasteiger partial charge on any atom is -0.445 e. The summed E-state index contributed by atoms with van der Waals surface area (Å²) in [7, 11) is 0. The van der Waals surface area contributed by atoms with E-state index in [4.69, 9.17) is 30.8 Å². The van der Waals surface area contributed by atoms with Gasteiger partial charge in [-0.25, -0.2) is 15.0 Å². The Bertz CT molecular complexity index is 1930. The molecule has 2 saturated heterocycles. The van der Waals surface area contributed by atoms with Crippen molar-refractivity contribution in [3.63, 3.8) is 0 Å². The summed E-state index contributed by atoms with van der Waals surface area (Å²) in [5.41, 5.74) is 3.62. The third-order valence-corrected chi connectivity index (χ3v) is 9.48. The van der Waals surface area contributed by atoms with Crippen molar-refractivity contribution in [3.8, 4) is 22.9 Å². The zero-order valence-corrected chi connectivity index (χ0v) is 26.2. The van der Waals surface area contributed by atoms with Crippen molar-refractivity contribution >= 4 is 22.8 Å². The molecule has 244 valence electrons. The number of H-pyrrole nitrogens is 1. The molecule has 5 aromatic rings. The van der Waals surface area contributed by atoms with Gasteiger partial charge in [-0.1, -0.05) is 23.7 Å². The maximum absolute atomic E-state index is 13.1.